The average molecular weight is 381 g/mol. The standard InChI is InChI=1S/C23H29N3O2/c1-2-28-22-10-6-5-9-21(22)25-15-13-24(14-16-25)18-23(27)26-12-11-19-7-3-4-8-20(19)17-26/h3-10H,2,11-18H2,1H3/p+1. The highest BCUT2D eigenvalue weighted by atomic mass is 16.5. The van der Waals surface area contributed by atoms with Gasteiger partial charge in [-0.3, -0.25) is 4.79 Å². The molecule has 1 fully saturated rings. The first-order valence-electron chi connectivity index (χ1n) is 10.4. The van der Waals surface area contributed by atoms with Crippen molar-refractivity contribution >= 4 is 11.6 Å². The van der Waals surface area contributed by atoms with Crippen molar-refractivity contribution in [1.29, 1.82) is 0 Å². The van der Waals surface area contributed by atoms with Gasteiger partial charge >= 0.3 is 0 Å². The highest BCUT2D eigenvalue weighted by Gasteiger charge is 2.27. The van der Waals surface area contributed by atoms with Crippen LogP contribution in [0.15, 0.2) is 48.5 Å². The summed E-state index contributed by atoms with van der Waals surface area (Å²) in [4.78, 5) is 18.6. The van der Waals surface area contributed by atoms with Crippen LogP contribution < -0.4 is 14.5 Å². The maximum atomic E-state index is 12.8. The van der Waals surface area contributed by atoms with Gasteiger partial charge in [-0.25, -0.2) is 0 Å². The van der Waals surface area contributed by atoms with Crippen LogP contribution in [-0.4, -0.2) is 56.7 Å². The molecule has 0 saturated carbocycles. The van der Waals surface area contributed by atoms with Crippen LogP contribution >= 0.6 is 0 Å². The van der Waals surface area contributed by atoms with Crippen LogP contribution in [0, 0.1) is 0 Å². The van der Waals surface area contributed by atoms with E-state index in [1.807, 2.05) is 24.0 Å². The molecule has 0 atom stereocenters. The Hall–Kier alpha value is -2.53. The number of carbonyl (C=O) groups is 1. The van der Waals surface area contributed by atoms with E-state index in [1.54, 1.807) is 0 Å². The number of nitrogens with one attached hydrogen (secondary N) is 1. The summed E-state index contributed by atoms with van der Waals surface area (Å²) in [6.45, 7) is 8.77. The van der Waals surface area contributed by atoms with Gasteiger partial charge in [0.2, 0.25) is 0 Å². The highest BCUT2D eigenvalue weighted by molar-refractivity contribution is 5.77. The smallest absolute Gasteiger partial charge is 0.278 e. The molecular formula is C23H30N3O2+. The molecule has 4 rings (SSSR count). The minimum absolute atomic E-state index is 0.285. The number of para-hydroxylation sites is 2. The molecule has 28 heavy (non-hydrogen) atoms. The molecule has 0 aromatic heterocycles. The number of quaternary nitrogens is 1. The molecule has 1 saturated heterocycles. The van der Waals surface area contributed by atoms with Gasteiger partial charge in [0.1, 0.15) is 5.75 Å². The van der Waals surface area contributed by atoms with E-state index in [2.05, 4.69) is 41.3 Å². The second-order valence-electron chi connectivity index (χ2n) is 7.65. The van der Waals surface area contributed by atoms with E-state index in [1.165, 1.54) is 21.7 Å². The number of ether oxygens (including phenoxy) is 1. The highest BCUT2D eigenvalue weighted by Crippen LogP contribution is 2.27. The summed E-state index contributed by atoms with van der Waals surface area (Å²) in [7, 11) is 0. The maximum Gasteiger partial charge on any atom is 0.278 e. The van der Waals surface area contributed by atoms with Crippen molar-refractivity contribution in [2.45, 2.75) is 19.9 Å². The molecule has 2 aromatic carbocycles. The Labute approximate surface area is 167 Å². The van der Waals surface area contributed by atoms with Gasteiger partial charge in [0.15, 0.2) is 6.54 Å². The maximum absolute atomic E-state index is 12.8. The van der Waals surface area contributed by atoms with E-state index in [-0.39, 0.29) is 5.91 Å². The molecule has 148 valence electrons. The normalized spacial score (nSPS) is 17.3. The molecule has 0 spiro atoms. The SMILES string of the molecule is CCOc1ccccc1N1CC[NH+](CC(=O)N2CCc3ccccc3C2)CC1. The molecule has 2 aliphatic rings. The molecule has 1 N–H and O–H groups in total. The van der Waals surface area contributed by atoms with Crippen LogP contribution in [0.25, 0.3) is 0 Å². The average Bonchev–Trinajstić information content (AvgIpc) is 2.75. The predicted octanol–water partition coefficient (Wildman–Crippen LogP) is 1.38. The van der Waals surface area contributed by atoms with Crippen LogP contribution in [0.4, 0.5) is 5.69 Å². The number of benzene rings is 2. The predicted molar refractivity (Wildman–Crippen MR) is 111 cm³/mol. The van der Waals surface area contributed by atoms with Crippen LogP contribution in [0.2, 0.25) is 0 Å². The van der Waals surface area contributed by atoms with Crippen molar-refractivity contribution < 1.29 is 14.4 Å². The molecule has 2 aromatic rings. The largest absolute Gasteiger partial charge is 0.492 e. The minimum atomic E-state index is 0.285. The molecule has 0 radical (unpaired) electrons. The van der Waals surface area contributed by atoms with Gasteiger partial charge in [0, 0.05) is 13.1 Å². The van der Waals surface area contributed by atoms with E-state index in [0.29, 0.717) is 13.2 Å². The second-order valence-corrected chi connectivity index (χ2v) is 7.65. The number of anilines is 1. The molecule has 5 nitrogen and oxygen atoms in total. The fourth-order valence-electron chi connectivity index (χ4n) is 4.27. The van der Waals surface area contributed by atoms with Gasteiger partial charge in [-0.15, -0.1) is 0 Å². The first-order chi connectivity index (χ1) is 13.7. The number of hydrogen-bond donors (Lipinski definition) is 1. The Morgan fingerprint density at radius 1 is 1.00 bits per heavy atom. The Morgan fingerprint density at radius 3 is 2.50 bits per heavy atom. The Bertz CT molecular complexity index is 815. The zero-order valence-corrected chi connectivity index (χ0v) is 16.7. The van der Waals surface area contributed by atoms with Crippen LogP contribution in [0.5, 0.6) is 5.75 Å². The second kappa shape index (κ2) is 8.65. The van der Waals surface area contributed by atoms with Crippen LogP contribution in [0.3, 0.4) is 0 Å². The van der Waals surface area contributed by atoms with Gasteiger partial charge in [-0.1, -0.05) is 36.4 Å². The van der Waals surface area contributed by atoms with Gasteiger partial charge in [-0.2, -0.15) is 0 Å². The first kappa shape index (κ1) is 18.8. The summed E-state index contributed by atoms with van der Waals surface area (Å²) in [5.74, 6) is 1.24. The third-order valence-electron chi connectivity index (χ3n) is 5.86. The van der Waals surface area contributed by atoms with E-state index >= 15 is 0 Å². The first-order valence-corrected chi connectivity index (χ1v) is 10.4. The van der Waals surface area contributed by atoms with E-state index in [4.69, 9.17) is 4.74 Å². The third kappa shape index (κ3) is 4.14. The molecule has 2 heterocycles. The number of carbonyl (C=O) groups excluding carboxylic acids is 1. The van der Waals surface area contributed by atoms with Crippen molar-refractivity contribution in [3.63, 3.8) is 0 Å². The summed E-state index contributed by atoms with van der Waals surface area (Å²) in [5, 5.41) is 0. The van der Waals surface area contributed by atoms with Crippen molar-refractivity contribution in [3.05, 3.63) is 59.7 Å². The lowest BCUT2D eigenvalue weighted by Crippen LogP contribution is -3.15. The zero-order valence-electron chi connectivity index (χ0n) is 16.7. The zero-order chi connectivity index (χ0) is 19.3. The van der Waals surface area contributed by atoms with E-state index < -0.39 is 0 Å². The monoisotopic (exact) mass is 380 g/mol. The van der Waals surface area contributed by atoms with Crippen molar-refractivity contribution in [3.8, 4) is 5.75 Å². The Kier molecular flexibility index (Phi) is 5.81. The number of fused-ring (bicyclic) bond motifs is 1. The fraction of sp³-hybridized carbons (Fsp3) is 0.435. The topological polar surface area (TPSA) is 37.2 Å². The van der Waals surface area contributed by atoms with Crippen LogP contribution in [0.1, 0.15) is 18.1 Å². The molecule has 0 unspecified atom stereocenters. The van der Waals surface area contributed by atoms with Gasteiger partial charge in [0.25, 0.3) is 5.91 Å². The van der Waals surface area contributed by atoms with E-state index in [9.17, 15) is 4.79 Å². The number of piperazine rings is 1. The third-order valence-corrected chi connectivity index (χ3v) is 5.86. The summed E-state index contributed by atoms with van der Waals surface area (Å²) < 4.78 is 5.78. The Morgan fingerprint density at radius 2 is 1.71 bits per heavy atom. The van der Waals surface area contributed by atoms with Gasteiger partial charge in [0.05, 0.1) is 38.5 Å². The molecule has 1 amide bonds. The minimum Gasteiger partial charge on any atom is -0.492 e. The van der Waals surface area contributed by atoms with Gasteiger partial charge in [-0.05, 0) is 36.6 Å². The summed E-state index contributed by atoms with van der Waals surface area (Å²) in [6, 6.07) is 16.7. The molecule has 2 aliphatic heterocycles. The van der Waals surface area contributed by atoms with Crippen molar-refractivity contribution in [1.82, 2.24) is 4.90 Å². The lowest BCUT2D eigenvalue weighted by atomic mass is 10.00. The number of hydrogen-bond acceptors (Lipinski definition) is 3. The fourth-order valence-corrected chi connectivity index (χ4v) is 4.27. The quantitative estimate of drug-likeness (QED) is 0.852. The lowest BCUT2D eigenvalue weighted by Gasteiger charge is -2.35. The van der Waals surface area contributed by atoms with Gasteiger partial charge < -0.3 is 19.4 Å². The molecule has 0 bridgehead atoms. The summed E-state index contributed by atoms with van der Waals surface area (Å²) in [6.07, 6.45) is 0.971. The van der Waals surface area contributed by atoms with Crippen LogP contribution in [-0.2, 0) is 17.8 Å². The van der Waals surface area contributed by atoms with Crippen molar-refractivity contribution in [2.75, 3.05) is 50.8 Å². The number of rotatable bonds is 5. The summed E-state index contributed by atoms with van der Waals surface area (Å²) >= 11 is 0. The number of nitrogens with zero attached hydrogens (tertiary/aromatic N) is 2. The molecule has 5 heteroatoms. The molecular weight excluding hydrogens is 350 g/mol. The van der Waals surface area contributed by atoms with E-state index in [0.717, 1.165) is 51.4 Å². The molecule has 0 aliphatic carbocycles. The Balaban J connectivity index is 1.31. The lowest BCUT2D eigenvalue weighted by molar-refractivity contribution is -0.892. The number of amides is 1. The van der Waals surface area contributed by atoms with Crippen molar-refractivity contribution in [2.24, 2.45) is 0 Å². The summed E-state index contributed by atoms with van der Waals surface area (Å²) in [5.41, 5.74) is 3.86.